The molecule has 0 unspecified atom stereocenters. The molecule has 0 bridgehead atoms. The summed E-state index contributed by atoms with van der Waals surface area (Å²) in [4.78, 5) is 4.16. The second-order valence-corrected chi connectivity index (χ2v) is 4.62. The number of nitrogens with one attached hydrogen (secondary N) is 1. The minimum absolute atomic E-state index is 0.205. The maximum atomic E-state index is 12.7. The SMILES string of the molecule is COc1cccc(CNc2cc(C(F)(F)F)ccc2Cl)n1. The van der Waals surface area contributed by atoms with Crippen LogP contribution in [0.5, 0.6) is 5.88 Å². The molecule has 21 heavy (non-hydrogen) atoms. The lowest BCUT2D eigenvalue weighted by molar-refractivity contribution is -0.137. The topological polar surface area (TPSA) is 34.1 Å². The number of methoxy groups -OCH3 is 1. The van der Waals surface area contributed by atoms with Gasteiger partial charge in [0.1, 0.15) is 0 Å². The van der Waals surface area contributed by atoms with Crippen LogP contribution in [0.4, 0.5) is 18.9 Å². The van der Waals surface area contributed by atoms with Gasteiger partial charge in [0, 0.05) is 6.07 Å². The highest BCUT2D eigenvalue weighted by Gasteiger charge is 2.30. The zero-order chi connectivity index (χ0) is 15.5. The van der Waals surface area contributed by atoms with E-state index in [4.69, 9.17) is 16.3 Å². The Balaban J connectivity index is 2.15. The number of ether oxygens (including phenoxy) is 1. The molecular weight excluding hydrogens is 305 g/mol. The van der Waals surface area contributed by atoms with E-state index in [-0.39, 0.29) is 17.3 Å². The summed E-state index contributed by atoms with van der Waals surface area (Å²) >= 11 is 5.90. The number of halogens is 4. The summed E-state index contributed by atoms with van der Waals surface area (Å²) in [5.41, 5.74) is 0.0759. The molecule has 112 valence electrons. The number of nitrogens with zero attached hydrogens (tertiary/aromatic N) is 1. The molecular formula is C14H12ClF3N2O. The summed E-state index contributed by atoms with van der Waals surface area (Å²) in [7, 11) is 1.49. The van der Waals surface area contributed by atoms with Crippen LogP contribution in [0.15, 0.2) is 36.4 Å². The van der Waals surface area contributed by atoms with Crippen molar-refractivity contribution in [3.8, 4) is 5.88 Å². The van der Waals surface area contributed by atoms with Crippen molar-refractivity contribution in [1.29, 1.82) is 0 Å². The molecule has 0 spiro atoms. The molecule has 1 aromatic heterocycles. The highest BCUT2D eigenvalue weighted by molar-refractivity contribution is 6.33. The Kier molecular flexibility index (Phi) is 4.57. The fourth-order valence-corrected chi connectivity index (χ4v) is 1.88. The first-order chi connectivity index (χ1) is 9.90. The molecule has 3 nitrogen and oxygen atoms in total. The van der Waals surface area contributed by atoms with Crippen molar-refractivity contribution in [3.63, 3.8) is 0 Å². The van der Waals surface area contributed by atoms with Gasteiger partial charge < -0.3 is 10.1 Å². The number of rotatable bonds is 4. The first kappa shape index (κ1) is 15.4. The predicted octanol–water partition coefficient (Wildman–Crippen LogP) is 4.37. The van der Waals surface area contributed by atoms with Crippen molar-refractivity contribution in [1.82, 2.24) is 4.98 Å². The second-order valence-electron chi connectivity index (χ2n) is 4.22. The van der Waals surface area contributed by atoms with Gasteiger partial charge in [-0.15, -0.1) is 0 Å². The second kappa shape index (κ2) is 6.22. The molecule has 0 aliphatic rings. The fourth-order valence-electron chi connectivity index (χ4n) is 1.69. The van der Waals surface area contributed by atoms with Crippen LogP contribution in [-0.4, -0.2) is 12.1 Å². The molecule has 1 aromatic carbocycles. The molecule has 0 atom stereocenters. The monoisotopic (exact) mass is 316 g/mol. The molecule has 0 amide bonds. The third-order valence-corrected chi connectivity index (χ3v) is 3.07. The van der Waals surface area contributed by atoms with Crippen LogP contribution in [0, 0.1) is 0 Å². The van der Waals surface area contributed by atoms with Crippen molar-refractivity contribution in [2.75, 3.05) is 12.4 Å². The minimum Gasteiger partial charge on any atom is -0.481 e. The van der Waals surface area contributed by atoms with Gasteiger partial charge in [0.25, 0.3) is 0 Å². The zero-order valence-electron chi connectivity index (χ0n) is 11.0. The summed E-state index contributed by atoms with van der Waals surface area (Å²) in [6.45, 7) is 0.234. The minimum atomic E-state index is -4.41. The molecule has 0 aliphatic carbocycles. The molecule has 1 heterocycles. The summed E-state index contributed by atoms with van der Waals surface area (Å²) < 4.78 is 43.0. The number of hydrogen-bond acceptors (Lipinski definition) is 3. The molecule has 2 aromatic rings. The van der Waals surface area contributed by atoms with Crippen LogP contribution in [0.1, 0.15) is 11.3 Å². The van der Waals surface area contributed by atoms with E-state index in [9.17, 15) is 13.2 Å². The summed E-state index contributed by atoms with van der Waals surface area (Å²) in [5, 5.41) is 3.06. The number of alkyl halides is 3. The van der Waals surface area contributed by atoms with Crippen LogP contribution < -0.4 is 10.1 Å². The maximum absolute atomic E-state index is 12.7. The maximum Gasteiger partial charge on any atom is 0.416 e. The van der Waals surface area contributed by atoms with Crippen LogP contribution in [0.2, 0.25) is 5.02 Å². The van der Waals surface area contributed by atoms with Crippen LogP contribution in [-0.2, 0) is 12.7 Å². The average molecular weight is 317 g/mol. The van der Waals surface area contributed by atoms with Crippen molar-refractivity contribution in [2.45, 2.75) is 12.7 Å². The van der Waals surface area contributed by atoms with Gasteiger partial charge in [-0.05, 0) is 24.3 Å². The molecule has 2 rings (SSSR count). The van der Waals surface area contributed by atoms with Crippen LogP contribution >= 0.6 is 11.6 Å². The fraction of sp³-hybridized carbons (Fsp3) is 0.214. The van der Waals surface area contributed by atoms with E-state index in [2.05, 4.69) is 10.3 Å². The van der Waals surface area contributed by atoms with E-state index in [0.717, 1.165) is 12.1 Å². The number of benzene rings is 1. The molecule has 0 saturated heterocycles. The largest absolute Gasteiger partial charge is 0.481 e. The van der Waals surface area contributed by atoms with Gasteiger partial charge in [0.2, 0.25) is 5.88 Å². The molecule has 1 N–H and O–H groups in total. The number of pyridine rings is 1. The van der Waals surface area contributed by atoms with Gasteiger partial charge >= 0.3 is 6.18 Å². The Labute approximate surface area is 124 Å². The third kappa shape index (κ3) is 4.01. The van der Waals surface area contributed by atoms with Gasteiger partial charge in [-0.3, -0.25) is 0 Å². The van der Waals surface area contributed by atoms with Crippen molar-refractivity contribution in [3.05, 3.63) is 52.7 Å². The smallest absolute Gasteiger partial charge is 0.416 e. The van der Waals surface area contributed by atoms with Crippen molar-refractivity contribution in [2.24, 2.45) is 0 Å². The van der Waals surface area contributed by atoms with E-state index in [1.54, 1.807) is 18.2 Å². The number of aromatic nitrogens is 1. The lowest BCUT2D eigenvalue weighted by atomic mass is 10.2. The zero-order valence-corrected chi connectivity index (χ0v) is 11.8. The molecule has 0 saturated carbocycles. The normalized spacial score (nSPS) is 11.3. The Morgan fingerprint density at radius 1 is 1.24 bits per heavy atom. The van der Waals surface area contributed by atoms with E-state index in [0.29, 0.717) is 11.6 Å². The average Bonchev–Trinajstić information content (AvgIpc) is 2.45. The Morgan fingerprint density at radius 3 is 2.67 bits per heavy atom. The lowest BCUT2D eigenvalue weighted by Crippen LogP contribution is -2.07. The van der Waals surface area contributed by atoms with Gasteiger partial charge in [0.15, 0.2) is 0 Å². The van der Waals surface area contributed by atoms with E-state index in [1.807, 2.05) is 0 Å². The lowest BCUT2D eigenvalue weighted by Gasteiger charge is -2.12. The van der Waals surface area contributed by atoms with Crippen molar-refractivity contribution >= 4 is 17.3 Å². The van der Waals surface area contributed by atoms with Gasteiger partial charge in [0.05, 0.1) is 35.6 Å². The van der Waals surface area contributed by atoms with E-state index < -0.39 is 11.7 Å². The van der Waals surface area contributed by atoms with E-state index >= 15 is 0 Å². The summed E-state index contributed by atoms with van der Waals surface area (Å²) in [5.74, 6) is 0.435. The van der Waals surface area contributed by atoms with Crippen molar-refractivity contribution < 1.29 is 17.9 Å². The first-order valence-electron chi connectivity index (χ1n) is 6.00. The Hall–Kier alpha value is -1.95. The summed E-state index contributed by atoms with van der Waals surface area (Å²) in [6.07, 6.45) is -4.41. The van der Waals surface area contributed by atoms with Crippen LogP contribution in [0.3, 0.4) is 0 Å². The van der Waals surface area contributed by atoms with Crippen LogP contribution in [0.25, 0.3) is 0 Å². The molecule has 0 aliphatic heterocycles. The van der Waals surface area contributed by atoms with Gasteiger partial charge in [-0.2, -0.15) is 13.2 Å². The standard InChI is InChI=1S/C14H12ClF3N2O/c1-21-13-4-2-3-10(20-13)8-19-12-7-9(14(16,17)18)5-6-11(12)15/h2-7,19H,8H2,1H3. The third-order valence-electron chi connectivity index (χ3n) is 2.74. The quantitative estimate of drug-likeness (QED) is 0.909. The van der Waals surface area contributed by atoms with Gasteiger partial charge in [-0.1, -0.05) is 17.7 Å². The molecule has 0 radical (unpaired) electrons. The summed E-state index contributed by atoms with van der Waals surface area (Å²) in [6, 6.07) is 8.29. The van der Waals surface area contributed by atoms with Gasteiger partial charge in [-0.25, -0.2) is 4.98 Å². The Bertz CT molecular complexity index is 632. The first-order valence-corrected chi connectivity index (χ1v) is 6.38. The number of hydrogen-bond donors (Lipinski definition) is 1. The molecule has 0 fully saturated rings. The Morgan fingerprint density at radius 2 is 2.00 bits per heavy atom. The predicted molar refractivity (Wildman–Crippen MR) is 74.6 cm³/mol. The highest BCUT2D eigenvalue weighted by atomic mass is 35.5. The number of anilines is 1. The molecule has 7 heteroatoms. The van der Waals surface area contributed by atoms with E-state index in [1.165, 1.54) is 13.2 Å². The highest BCUT2D eigenvalue weighted by Crippen LogP contribution is 2.33.